The monoisotopic (exact) mass is 556 g/mol. The Morgan fingerprint density at radius 1 is 0.650 bits per heavy atom. The molecule has 0 saturated carbocycles. The van der Waals surface area contributed by atoms with Gasteiger partial charge in [0.1, 0.15) is 0 Å². The van der Waals surface area contributed by atoms with E-state index >= 15 is 0 Å². The summed E-state index contributed by atoms with van der Waals surface area (Å²) in [4.78, 5) is 26.1. The van der Waals surface area contributed by atoms with Crippen molar-refractivity contribution in [3.63, 3.8) is 0 Å². The zero-order chi connectivity index (χ0) is 27.5. The Morgan fingerprint density at radius 2 is 1.07 bits per heavy atom. The van der Waals surface area contributed by atoms with E-state index in [0.29, 0.717) is 22.5 Å². The molecule has 2 aliphatic rings. The minimum Gasteiger partial charge on any atom is -0.342 e. The fourth-order valence-corrected chi connectivity index (χ4v) is 6.81. The van der Waals surface area contributed by atoms with Crippen molar-refractivity contribution >= 4 is 19.8 Å². The normalized spacial score (nSPS) is 19.0. The van der Waals surface area contributed by atoms with Crippen LogP contribution in [0.2, 0.25) is 0 Å². The second-order valence-corrected chi connectivity index (χ2v) is 11.6. The van der Waals surface area contributed by atoms with Crippen LogP contribution in [0.3, 0.4) is 0 Å². The molecule has 6 rings (SSSR count). The molecule has 2 aromatic heterocycles. The summed E-state index contributed by atoms with van der Waals surface area (Å²) < 4.78 is 28.4. The van der Waals surface area contributed by atoms with Crippen molar-refractivity contribution in [3.8, 4) is 0 Å². The van der Waals surface area contributed by atoms with Crippen molar-refractivity contribution in [2.75, 3.05) is 13.2 Å². The maximum Gasteiger partial charge on any atom is 0.319 e. The molecule has 2 aliphatic heterocycles. The van der Waals surface area contributed by atoms with Gasteiger partial charge in [-0.3, -0.25) is 14.2 Å². The number of rotatable bonds is 10. The SMILES string of the molecule is O=C(c1ccccc1)c1ccc2n1CCCC2CO[PH](=O)OCC1CCCn2c(C(=O)c3ccccc3)ccc21. The van der Waals surface area contributed by atoms with Gasteiger partial charge in [-0.1, -0.05) is 60.7 Å². The minimum absolute atomic E-state index is 0.0104. The molecule has 0 spiro atoms. The summed E-state index contributed by atoms with van der Waals surface area (Å²) in [5.74, 6) is 0.136. The maximum atomic E-state index is 13.0. The second-order valence-electron chi connectivity index (χ2n) is 10.5. The Hall–Kier alpha value is -3.51. The first-order valence-corrected chi connectivity index (χ1v) is 15.2. The Morgan fingerprint density at radius 3 is 1.50 bits per heavy atom. The van der Waals surface area contributed by atoms with Crippen molar-refractivity contribution < 1.29 is 23.2 Å². The number of aromatic nitrogens is 2. The highest BCUT2D eigenvalue weighted by molar-refractivity contribution is 7.33. The molecular formula is C32H33N2O5P. The number of benzene rings is 2. The fourth-order valence-electron chi connectivity index (χ4n) is 6.05. The number of hydrogen-bond acceptors (Lipinski definition) is 5. The number of fused-ring (bicyclic) bond motifs is 2. The number of carbonyl (C=O) groups is 2. The topological polar surface area (TPSA) is 79.5 Å². The van der Waals surface area contributed by atoms with E-state index in [4.69, 9.17) is 9.05 Å². The van der Waals surface area contributed by atoms with Crippen molar-refractivity contribution in [2.24, 2.45) is 0 Å². The van der Waals surface area contributed by atoms with Gasteiger partial charge in [-0.2, -0.15) is 0 Å². The fraction of sp³-hybridized carbons (Fsp3) is 0.312. The number of hydrogen-bond donors (Lipinski definition) is 0. The van der Waals surface area contributed by atoms with Crippen molar-refractivity contribution in [2.45, 2.75) is 50.6 Å². The summed E-state index contributed by atoms with van der Waals surface area (Å²) in [6, 6.07) is 26.4. The van der Waals surface area contributed by atoms with Crippen LogP contribution in [0.4, 0.5) is 0 Å². The van der Waals surface area contributed by atoms with E-state index in [1.807, 2.05) is 84.9 Å². The van der Waals surface area contributed by atoms with Crippen molar-refractivity contribution in [1.29, 1.82) is 0 Å². The molecule has 2 unspecified atom stereocenters. The molecule has 2 aromatic carbocycles. The van der Waals surface area contributed by atoms with Crippen LogP contribution in [0.5, 0.6) is 0 Å². The average molecular weight is 557 g/mol. The van der Waals surface area contributed by atoms with Crippen LogP contribution in [0.25, 0.3) is 0 Å². The highest BCUT2D eigenvalue weighted by atomic mass is 31.1. The van der Waals surface area contributed by atoms with Gasteiger partial charge in [0.05, 0.1) is 24.6 Å². The molecule has 8 heteroatoms. The predicted octanol–water partition coefficient (Wildman–Crippen LogP) is 6.63. The van der Waals surface area contributed by atoms with E-state index in [1.54, 1.807) is 0 Å². The summed E-state index contributed by atoms with van der Waals surface area (Å²) in [5.41, 5.74) is 4.79. The van der Waals surface area contributed by atoms with E-state index in [1.165, 1.54) is 0 Å². The van der Waals surface area contributed by atoms with Crippen LogP contribution >= 0.6 is 8.25 Å². The van der Waals surface area contributed by atoms with E-state index in [2.05, 4.69) is 9.13 Å². The van der Waals surface area contributed by atoms with Crippen LogP contribution in [0.1, 0.15) is 81.0 Å². The van der Waals surface area contributed by atoms with Gasteiger partial charge < -0.3 is 18.2 Å². The summed E-state index contributed by atoms with van der Waals surface area (Å²) in [6.07, 6.45) is 3.67. The van der Waals surface area contributed by atoms with Gasteiger partial charge in [-0.25, -0.2) is 0 Å². The Balaban J connectivity index is 1.06. The summed E-state index contributed by atoms with van der Waals surface area (Å²) in [5, 5.41) is 0. The summed E-state index contributed by atoms with van der Waals surface area (Å²) in [7, 11) is -2.70. The third kappa shape index (κ3) is 5.42. The third-order valence-electron chi connectivity index (χ3n) is 8.08. The first-order valence-electron chi connectivity index (χ1n) is 14.0. The van der Waals surface area contributed by atoms with Gasteiger partial charge in [0.15, 0.2) is 0 Å². The lowest BCUT2D eigenvalue weighted by atomic mass is 9.97. The Kier molecular flexibility index (Phi) is 7.96. The molecule has 0 aliphatic carbocycles. The molecule has 206 valence electrons. The molecule has 0 bridgehead atoms. The highest BCUT2D eigenvalue weighted by Crippen LogP contribution is 2.37. The van der Waals surface area contributed by atoms with Crippen molar-refractivity contribution in [3.05, 3.63) is 119 Å². The lowest BCUT2D eigenvalue weighted by molar-refractivity contribution is 0.102. The molecule has 0 N–H and O–H groups in total. The van der Waals surface area contributed by atoms with Crippen LogP contribution < -0.4 is 0 Å². The van der Waals surface area contributed by atoms with E-state index in [-0.39, 0.29) is 36.6 Å². The molecule has 40 heavy (non-hydrogen) atoms. The molecule has 4 aromatic rings. The van der Waals surface area contributed by atoms with Crippen LogP contribution in [0.15, 0.2) is 84.9 Å². The van der Waals surface area contributed by atoms with E-state index in [9.17, 15) is 14.2 Å². The minimum atomic E-state index is -2.70. The zero-order valence-corrected chi connectivity index (χ0v) is 23.3. The molecule has 4 heterocycles. The standard InChI is InChI=1S/C32H33N2O5P/c35-31(23-9-3-1-4-10-23)29-17-15-27-25(13-7-19-33(27)29)21-38-40(37)39-22-26-14-8-20-34-28(26)16-18-30(34)32(36)24-11-5-2-6-12-24/h1-6,9-12,15-18,25-26,40H,7-8,13-14,19-22H2. The zero-order valence-electron chi connectivity index (χ0n) is 22.3. The summed E-state index contributed by atoms with van der Waals surface area (Å²) in [6.45, 7) is 2.15. The first-order chi connectivity index (χ1) is 19.6. The number of nitrogens with zero attached hydrogens (tertiary/aromatic N) is 2. The number of ketones is 2. The van der Waals surface area contributed by atoms with E-state index < -0.39 is 8.25 Å². The van der Waals surface area contributed by atoms with Gasteiger partial charge in [0, 0.05) is 47.4 Å². The first kappa shape index (κ1) is 26.7. The van der Waals surface area contributed by atoms with Gasteiger partial charge in [0.2, 0.25) is 11.6 Å². The molecule has 7 nitrogen and oxygen atoms in total. The second kappa shape index (κ2) is 11.9. The summed E-state index contributed by atoms with van der Waals surface area (Å²) >= 11 is 0. The molecule has 0 fully saturated rings. The third-order valence-corrected chi connectivity index (χ3v) is 8.88. The average Bonchev–Trinajstić information content (AvgIpc) is 3.64. The van der Waals surface area contributed by atoms with Crippen LogP contribution in [0, 0.1) is 0 Å². The highest BCUT2D eigenvalue weighted by Gasteiger charge is 2.28. The molecule has 0 radical (unpaired) electrons. The lowest BCUT2D eigenvalue weighted by Gasteiger charge is -2.27. The van der Waals surface area contributed by atoms with Gasteiger partial charge in [-0.15, -0.1) is 0 Å². The Bertz CT molecular complexity index is 1410. The van der Waals surface area contributed by atoms with Gasteiger partial charge in [-0.05, 0) is 49.9 Å². The van der Waals surface area contributed by atoms with E-state index in [0.717, 1.165) is 50.2 Å². The lowest BCUT2D eigenvalue weighted by Crippen LogP contribution is -2.22. The van der Waals surface area contributed by atoms with Crippen LogP contribution in [-0.4, -0.2) is 33.9 Å². The Labute approximate surface area is 234 Å². The molecule has 0 amide bonds. The predicted molar refractivity (Wildman–Crippen MR) is 153 cm³/mol. The quantitative estimate of drug-likeness (QED) is 0.162. The molecule has 0 saturated heterocycles. The molecule has 2 atom stereocenters. The smallest absolute Gasteiger partial charge is 0.319 e. The largest absolute Gasteiger partial charge is 0.342 e. The van der Waals surface area contributed by atoms with Crippen LogP contribution in [-0.2, 0) is 26.7 Å². The maximum absolute atomic E-state index is 13.0. The number of carbonyl (C=O) groups excluding carboxylic acids is 2. The van der Waals surface area contributed by atoms with Gasteiger partial charge in [0.25, 0.3) is 0 Å². The van der Waals surface area contributed by atoms with Gasteiger partial charge >= 0.3 is 8.25 Å². The van der Waals surface area contributed by atoms with Crippen molar-refractivity contribution in [1.82, 2.24) is 9.13 Å². The molecular weight excluding hydrogens is 523 g/mol.